The topological polar surface area (TPSA) is 34.1 Å². The number of carbonyl (C=O) groups excluding carboxylic acids is 2. The highest BCUT2D eigenvalue weighted by molar-refractivity contribution is 9.10. The zero-order valence-electron chi connectivity index (χ0n) is 18.3. The molecule has 1 atom stereocenters. The molecule has 0 fully saturated rings. The fourth-order valence-corrected chi connectivity index (χ4v) is 4.45. The van der Waals surface area contributed by atoms with E-state index in [2.05, 4.69) is 15.9 Å². The van der Waals surface area contributed by atoms with Gasteiger partial charge in [-0.1, -0.05) is 69.0 Å². The van der Waals surface area contributed by atoms with Crippen LogP contribution in [0, 0.1) is 0 Å². The summed E-state index contributed by atoms with van der Waals surface area (Å²) in [6.45, 7) is 0. The lowest BCUT2D eigenvalue weighted by atomic mass is 9.96. The van der Waals surface area contributed by atoms with Crippen molar-refractivity contribution in [1.82, 2.24) is 0 Å². The van der Waals surface area contributed by atoms with Crippen molar-refractivity contribution in [3.05, 3.63) is 72.6 Å². The zero-order valence-corrected chi connectivity index (χ0v) is 22.1. The van der Waals surface area contributed by atoms with Crippen molar-refractivity contribution in [3.63, 3.8) is 0 Å². The fourth-order valence-electron chi connectivity index (χ4n) is 3.22. The van der Waals surface area contributed by atoms with Crippen molar-refractivity contribution in [3.8, 4) is 0 Å². The van der Waals surface area contributed by atoms with Gasteiger partial charge in [0, 0.05) is 29.3 Å². The molecule has 0 bridgehead atoms. The highest BCUT2D eigenvalue weighted by atomic mass is 79.9. The summed E-state index contributed by atoms with van der Waals surface area (Å²) >= 11 is 20.8. The predicted octanol–water partition coefficient (Wildman–Crippen LogP) is 10.0. The molecular weight excluding hydrogens is 621 g/mol. The maximum Gasteiger partial charge on any atom is 0.399 e. The van der Waals surface area contributed by atoms with Gasteiger partial charge in [-0.25, -0.2) is 0 Å². The summed E-state index contributed by atoms with van der Waals surface area (Å²) in [5.74, 6) is -2.97. The van der Waals surface area contributed by atoms with Gasteiger partial charge in [0.05, 0.1) is 27.4 Å². The lowest BCUT2D eigenvalue weighted by Crippen LogP contribution is -2.19. The summed E-state index contributed by atoms with van der Waals surface area (Å²) in [7, 11) is 0. The molecule has 2 aromatic carbocycles. The third-order valence-corrected chi connectivity index (χ3v) is 6.89. The number of hydrogen-bond acceptors (Lipinski definition) is 2. The molecule has 1 unspecified atom stereocenters. The first-order valence-corrected chi connectivity index (χ1v) is 12.3. The third kappa shape index (κ3) is 9.39. The van der Waals surface area contributed by atoms with Gasteiger partial charge < -0.3 is 0 Å². The molecule has 0 spiro atoms. The maximum atomic E-state index is 13.7. The molecule has 2 nitrogen and oxygen atoms in total. The Hall–Kier alpha value is -1.55. The summed E-state index contributed by atoms with van der Waals surface area (Å²) in [5, 5.41) is -0.286. The van der Waals surface area contributed by atoms with Crippen LogP contribution in [0.15, 0.2) is 40.9 Å². The largest absolute Gasteiger partial charge is 0.399 e. The van der Waals surface area contributed by atoms with Crippen LogP contribution < -0.4 is 0 Å². The molecular formula is C24H18BrCl3F6O2. The number of allylic oxidation sites excluding steroid dienone is 1. The molecule has 36 heavy (non-hydrogen) atoms. The molecule has 0 radical (unpaired) electrons. The van der Waals surface area contributed by atoms with Crippen LogP contribution in [-0.2, 0) is 4.79 Å². The van der Waals surface area contributed by atoms with E-state index in [9.17, 15) is 35.9 Å². The Morgan fingerprint density at radius 3 is 2.06 bits per heavy atom. The van der Waals surface area contributed by atoms with Crippen LogP contribution in [0.25, 0.3) is 6.08 Å². The van der Waals surface area contributed by atoms with Crippen LogP contribution in [-0.4, -0.2) is 23.9 Å². The van der Waals surface area contributed by atoms with Crippen LogP contribution in [0.5, 0.6) is 0 Å². The van der Waals surface area contributed by atoms with Crippen molar-refractivity contribution in [2.24, 2.45) is 0 Å². The molecule has 0 N–H and O–H groups in total. The van der Waals surface area contributed by atoms with E-state index < -0.39 is 36.9 Å². The Kier molecular flexibility index (Phi) is 10.9. The normalized spacial score (nSPS) is 13.3. The minimum absolute atomic E-state index is 0.0538. The Morgan fingerprint density at radius 2 is 1.53 bits per heavy atom. The molecule has 2 aromatic rings. The van der Waals surface area contributed by atoms with Crippen LogP contribution in [0.4, 0.5) is 26.3 Å². The van der Waals surface area contributed by atoms with Crippen LogP contribution in [0.3, 0.4) is 0 Å². The average Bonchev–Trinajstić information content (AvgIpc) is 2.74. The van der Waals surface area contributed by atoms with E-state index >= 15 is 0 Å². The summed E-state index contributed by atoms with van der Waals surface area (Å²) in [4.78, 5) is 24.0. The Bertz CT molecular complexity index is 1120. The smallest absolute Gasteiger partial charge is 0.300 e. The van der Waals surface area contributed by atoms with E-state index in [4.69, 9.17) is 34.8 Å². The summed E-state index contributed by atoms with van der Waals surface area (Å²) in [5.41, 5.74) is 0.397. The molecule has 0 amide bonds. The van der Waals surface area contributed by atoms with Gasteiger partial charge in [0.2, 0.25) is 0 Å². The Morgan fingerprint density at radius 1 is 0.917 bits per heavy atom. The van der Waals surface area contributed by atoms with Gasteiger partial charge in [-0.05, 0) is 41.8 Å². The van der Waals surface area contributed by atoms with Gasteiger partial charge in [0.25, 0.3) is 0 Å². The Balaban J connectivity index is 2.09. The first kappa shape index (κ1) is 30.7. The number of carbonyl (C=O) groups is 2. The molecule has 0 saturated heterocycles. The van der Waals surface area contributed by atoms with Gasteiger partial charge in [0.15, 0.2) is 5.78 Å². The highest BCUT2D eigenvalue weighted by Crippen LogP contribution is 2.41. The highest BCUT2D eigenvalue weighted by Gasteiger charge is 2.39. The third-order valence-electron chi connectivity index (χ3n) is 5.04. The van der Waals surface area contributed by atoms with Crippen LogP contribution >= 0.6 is 50.7 Å². The van der Waals surface area contributed by atoms with Crippen molar-refractivity contribution < 1.29 is 35.9 Å². The van der Waals surface area contributed by atoms with Gasteiger partial charge >= 0.3 is 12.4 Å². The molecule has 0 aromatic heterocycles. The van der Waals surface area contributed by atoms with E-state index in [0.717, 1.165) is 18.2 Å². The Labute approximate surface area is 226 Å². The first-order valence-electron chi connectivity index (χ1n) is 10.4. The molecule has 0 aliphatic rings. The van der Waals surface area contributed by atoms with Gasteiger partial charge in [-0.3, -0.25) is 9.59 Å². The van der Waals surface area contributed by atoms with E-state index in [-0.39, 0.29) is 51.2 Å². The lowest BCUT2D eigenvalue weighted by Gasteiger charge is -2.18. The molecule has 196 valence electrons. The van der Waals surface area contributed by atoms with Crippen molar-refractivity contribution in [2.75, 3.05) is 0 Å². The molecule has 2 rings (SSSR count). The maximum absolute atomic E-state index is 13.7. The quantitative estimate of drug-likeness (QED) is 0.148. The van der Waals surface area contributed by atoms with E-state index in [0.29, 0.717) is 10.0 Å². The standard InChI is InChI=1S/C24H18BrCl3F6O2/c25-18-10-13(4-6-16(18)21(36)3-1-2-15(35)8-9-23(29,30)31)5-7-17(24(32,33)34)14-11-19(26)22(28)20(27)12-14/h4-7,10-12,17H,1-3,8-9H2/b7-5+. The SMILES string of the molecule is O=C(CCCC(=O)c1ccc(/C=C/C(c2cc(Cl)c(Cl)c(Cl)c2)C(F)(F)F)cc1Br)CCC(F)(F)F. The minimum Gasteiger partial charge on any atom is -0.300 e. The van der Waals surface area contributed by atoms with Crippen LogP contribution in [0.1, 0.15) is 59.5 Å². The summed E-state index contributed by atoms with van der Waals surface area (Å²) in [6.07, 6.45) is -8.88. The molecule has 0 aliphatic carbocycles. The van der Waals surface area contributed by atoms with Crippen molar-refractivity contribution in [1.29, 1.82) is 0 Å². The van der Waals surface area contributed by atoms with E-state index in [1.807, 2.05) is 0 Å². The average molecular weight is 639 g/mol. The van der Waals surface area contributed by atoms with E-state index in [1.54, 1.807) is 0 Å². The summed E-state index contributed by atoms with van der Waals surface area (Å²) < 4.78 is 77.9. The van der Waals surface area contributed by atoms with Crippen molar-refractivity contribution in [2.45, 2.75) is 50.4 Å². The molecule has 12 heteroatoms. The zero-order chi connectivity index (χ0) is 27.3. The minimum atomic E-state index is -4.65. The fraction of sp³-hybridized carbons (Fsp3) is 0.333. The number of alkyl halides is 6. The van der Waals surface area contributed by atoms with Gasteiger partial charge in [-0.2, -0.15) is 26.3 Å². The number of hydrogen-bond donors (Lipinski definition) is 0. The predicted molar refractivity (Wildman–Crippen MR) is 132 cm³/mol. The number of rotatable bonds is 10. The van der Waals surface area contributed by atoms with Crippen molar-refractivity contribution >= 4 is 68.4 Å². The van der Waals surface area contributed by atoms with Gasteiger partial charge in [0.1, 0.15) is 5.78 Å². The summed E-state index contributed by atoms with van der Waals surface area (Å²) in [6, 6.07) is 6.48. The number of Topliss-reactive ketones (excluding diaryl/α,β-unsaturated/α-hetero) is 2. The second-order valence-corrected chi connectivity index (χ2v) is 9.89. The van der Waals surface area contributed by atoms with Crippen LogP contribution in [0.2, 0.25) is 15.1 Å². The van der Waals surface area contributed by atoms with Gasteiger partial charge in [-0.15, -0.1) is 0 Å². The lowest BCUT2D eigenvalue weighted by molar-refractivity contribution is -0.143. The molecule has 0 heterocycles. The number of ketones is 2. The second kappa shape index (κ2) is 12.8. The first-order chi connectivity index (χ1) is 16.6. The molecule has 0 saturated carbocycles. The monoisotopic (exact) mass is 636 g/mol. The van der Waals surface area contributed by atoms with E-state index in [1.165, 1.54) is 24.3 Å². The second-order valence-electron chi connectivity index (χ2n) is 7.85. The molecule has 0 aliphatic heterocycles. The number of halogens is 10. The number of benzene rings is 2.